The Kier molecular flexibility index (Phi) is 4.40. The van der Waals surface area contributed by atoms with Gasteiger partial charge in [0.25, 0.3) is 5.91 Å². The summed E-state index contributed by atoms with van der Waals surface area (Å²) in [5, 5.41) is 2.79. The van der Waals surface area contributed by atoms with E-state index in [9.17, 15) is 4.79 Å². The zero-order chi connectivity index (χ0) is 12.3. The maximum absolute atomic E-state index is 12.3. The van der Waals surface area contributed by atoms with Crippen molar-refractivity contribution in [3.8, 4) is 0 Å². The first-order valence-electron chi connectivity index (χ1n) is 6.01. The van der Waals surface area contributed by atoms with Crippen LogP contribution in [0.15, 0.2) is 5.38 Å². The Bertz CT molecular complexity index is 392. The molecule has 1 amide bonds. The number of piperidine rings is 1. The quantitative estimate of drug-likeness (QED) is 0.793. The smallest absolute Gasteiger partial charge is 0.273 e. The molecule has 5 heteroatoms. The summed E-state index contributed by atoms with van der Waals surface area (Å²) < 4.78 is 0. The summed E-state index contributed by atoms with van der Waals surface area (Å²) in [6.07, 6.45) is 4.24. The van der Waals surface area contributed by atoms with Gasteiger partial charge in [0, 0.05) is 23.8 Å². The molecular weight excluding hydrogens is 256 g/mol. The molecule has 1 aromatic rings. The summed E-state index contributed by atoms with van der Waals surface area (Å²) in [5.41, 5.74) is 0.592. The molecule has 2 rings (SSSR count). The van der Waals surface area contributed by atoms with E-state index in [1.807, 2.05) is 17.2 Å². The Morgan fingerprint density at radius 2 is 2.47 bits per heavy atom. The van der Waals surface area contributed by atoms with Crippen molar-refractivity contribution in [3.63, 3.8) is 0 Å². The van der Waals surface area contributed by atoms with E-state index in [-0.39, 0.29) is 5.91 Å². The van der Waals surface area contributed by atoms with Crippen LogP contribution in [0.2, 0.25) is 0 Å². The number of halogens is 1. The van der Waals surface area contributed by atoms with E-state index in [0.717, 1.165) is 30.8 Å². The standard InChI is InChI=1S/C12H17ClN2OS/c1-9-14-11(8-17-9)12(16)15-7-3-2-4-10(15)5-6-13/h8,10H,2-7H2,1H3. The average molecular weight is 273 g/mol. The van der Waals surface area contributed by atoms with Gasteiger partial charge in [-0.3, -0.25) is 4.79 Å². The van der Waals surface area contributed by atoms with Gasteiger partial charge < -0.3 is 4.90 Å². The largest absolute Gasteiger partial charge is 0.334 e. The normalized spacial score (nSPS) is 20.6. The number of amides is 1. The fourth-order valence-electron chi connectivity index (χ4n) is 2.30. The summed E-state index contributed by atoms with van der Waals surface area (Å²) in [6, 6.07) is 0.302. The zero-order valence-corrected chi connectivity index (χ0v) is 11.6. The van der Waals surface area contributed by atoms with Crippen molar-refractivity contribution in [2.75, 3.05) is 12.4 Å². The van der Waals surface area contributed by atoms with Gasteiger partial charge in [0.15, 0.2) is 0 Å². The van der Waals surface area contributed by atoms with Crippen molar-refractivity contribution < 1.29 is 4.79 Å². The van der Waals surface area contributed by atoms with E-state index in [4.69, 9.17) is 11.6 Å². The fraction of sp³-hybridized carbons (Fsp3) is 0.667. The third kappa shape index (κ3) is 2.99. The maximum atomic E-state index is 12.3. The molecule has 2 heterocycles. The average Bonchev–Trinajstić information content (AvgIpc) is 2.76. The lowest BCUT2D eigenvalue weighted by Gasteiger charge is -2.35. The van der Waals surface area contributed by atoms with E-state index in [2.05, 4.69) is 4.98 Å². The molecule has 1 aliphatic heterocycles. The summed E-state index contributed by atoms with van der Waals surface area (Å²) in [6.45, 7) is 2.77. The highest BCUT2D eigenvalue weighted by atomic mass is 35.5. The number of carbonyl (C=O) groups excluding carboxylic acids is 1. The van der Waals surface area contributed by atoms with Crippen molar-refractivity contribution in [2.45, 2.75) is 38.6 Å². The minimum atomic E-state index is 0.0733. The second-order valence-corrected chi connectivity index (χ2v) is 5.82. The monoisotopic (exact) mass is 272 g/mol. The molecular formula is C12H17ClN2OS. The number of hydrogen-bond donors (Lipinski definition) is 0. The van der Waals surface area contributed by atoms with Crippen LogP contribution in [-0.2, 0) is 0 Å². The fourth-order valence-corrected chi connectivity index (χ4v) is 3.14. The van der Waals surface area contributed by atoms with Gasteiger partial charge >= 0.3 is 0 Å². The molecule has 1 saturated heterocycles. The second-order valence-electron chi connectivity index (χ2n) is 4.38. The predicted octanol–water partition coefficient (Wildman–Crippen LogP) is 3.08. The summed E-state index contributed by atoms with van der Waals surface area (Å²) in [4.78, 5) is 18.6. The van der Waals surface area contributed by atoms with E-state index in [0.29, 0.717) is 17.6 Å². The molecule has 0 aromatic carbocycles. The van der Waals surface area contributed by atoms with Gasteiger partial charge in [-0.25, -0.2) is 4.98 Å². The van der Waals surface area contributed by atoms with E-state index in [1.54, 1.807) is 0 Å². The van der Waals surface area contributed by atoms with Crippen LogP contribution in [0.4, 0.5) is 0 Å². The Morgan fingerprint density at radius 1 is 1.65 bits per heavy atom. The lowest BCUT2D eigenvalue weighted by molar-refractivity contribution is 0.0604. The second kappa shape index (κ2) is 5.83. The number of likely N-dealkylation sites (tertiary alicyclic amines) is 1. The lowest BCUT2D eigenvalue weighted by Crippen LogP contribution is -2.44. The van der Waals surface area contributed by atoms with Crippen LogP contribution in [0.1, 0.15) is 41.2 Å². The first-order valence-corrected chi connectivity index (χ1v) is 7.43. The van der Waals surface area contributed by atoms with Gasteiger partial charge in [-0.2, -0.15) is 0 Å². The molecule has 0 aliphatic carbocycles. The number of aromatic nitrogens is 1. The highest BCUT2D eigenvalue weighted by Crippen LogP contribution is 2.22. The molecule has 1 atom stereocenters. The Balaban J connectivity index is 2.10. The number of carbonyl (C=O) groups is 1. The molecule has 0 spiro atoms. The van der Waals surface area contributed by atoms with Gasteiger partial charge in [0.1, 0.15) is 5.69 Å². The van der Waals surface area contributed by atoms with Crippen molar-refractivity contribution >= 4 is 28.8 Å². The van der Waals surface area contributed by atoms with E-state index < -0.39 is 0 Å². The predicted molar refractivity (Wildman–Crippen MR) is 70.9 cm³/mol. The van der Waals surface area contributed by atoms with E-state index >= 15 is 0 Å². The highest BCUT2D eigenvalue weighted by Gasteiger charge is 2.27. The van der Waals surface area contributed by atoms with Gasteiger partial charge in [-0.1, -0.05) is 0 Å². The molecule has 0 bridgehead atoms. The first kappa shape index (κ1) is 12.8. The third-order valence-electron chi connectivity index (χ3n) is 3.17. The lowest BCUT2D eigenvalue weighted by atomic mass is 9.99. The zero-order valence-electron chi connectivity index (χ0n) is 9.99. The van der Waals surface area contributed by atoms with Crippen molar-refractivity contribution in [3.05, 3.63) is 16.1 Å². The number of hydrogen-bond acceptors (Lipinski definition) is 3. The third-order valence-corrected chi connectivity index (χ3v) is 4.16. The van der Waals surface area contributed by atoms with Crippen LogP contribution in [0.3, 0.4) is 0 Å². The van der Waals surface area contributed by atoms with Crippen LogP contribution >= 0.6 is 22.9 Å². The maximum Gasteiger partial charge on any atom is 0.273 e. The number of alkyl halides is 1. The van der Waals surface area contributed by atoms with Gasteiger partial charge in [0.05, 0.1) is 5.01 Å². The molecule has 1 unspecified atom stereocenters. The van der Waals surface area contributed by atoms with Crippen LogP contribution < -0.4 is 0 Å². The van der Waals surface area contributed by atoms with Crippen LogP contribution in [-0.4, -0.2) is 34.3 Å². The van der Waals surface area contributed by atoms with Gasteiger partial charge in [0.2, 0.25) is 0 Å². The van der Waals surface area contributed by atoms with Gasteiger partial charge in [-0.15, -0.1) is 22.9 Å². The minimum Gasteiger partial charge on any atom is -0.334 e. The van der Waals surface area contributed by atoms with Crippen molar-refractivity contribution in [2.24, 2.45) is 0 Å². The summed E-state index contributed by atoms with van der Waals surface area (Å²) >= 11 is 7.33. The molecule has 1 aromatic heterocycles. The van der Waals surface area contributed by atoms with Crippen LogP contribution in [0.25, 0.3) is 0 Å². The topological polar surface area (TPSA) is 33.2 Å². The minimum absolute atomic E-state index is 0.0733. The molecule has 0 N–H and O–H groups in total. The van der Waals surface area contributed by atoms with Crippen LogP contribution in [0, 0.1) is 6.92 Å². The Labute approximate surface area is 111 Å². The number of aryl methyl sites for hydroxylation is 1. The Morgan fingerprint density at radius 3 is 3.12 bits per heavy atom. The molecule has 1 fully saturated rings. The molecule has 17 heavy (non-hydrogen) atoms. The van der Waals surface area contributed by atoms with E-state index in [1.165, 1.54) is 17.8 Å². The molecule has 94 valence electrons. The number of rotatable bonds is 3. The van der Waals surface area contributed by atoms with Crippen molar-refractivity contribution in [1.29, 1.82) is 0 Å². The van der Waals surface area contributed by atoms with Crippen LogP contribution in [0.5, 0.6) is 0 Å². The molecule has 3 nitrogen and oxygen atoms in total. The Hall–Kier alpha value is -0.610. The summed E-state index contributed by atoms with van der Waals surface area (Å²) in [5.74, 6) is 0.689. The number of nitrogens with zero attached hydrogens (tertiary/aromatic N) is 2. The summed E-state index contributed by atoms with van der Waals surface area (Å²) in [7, 11) is 0. The molecule has 0 radical (unpaired) electrons. The van der Waals surface area contributed by atoms with Gasteiger partial charge in [-0.05, 0) is 32.6 Å². The molecule has 0 saturated carbocycles. The molecule has 1 aliphatic rings. The number of thiazole rings is 1. The highest BCUT2D eigenvalue weighted by molar-refractivity contribution is 7.09. The SMILES string of the molecule is Cc1nc(C(=O)N2CCCCC2CCCl)cs1. The van der Waals surface area contributed by atoms with Crippen molar-refractivity contribution in [1.82, 2.24) is 9.88 Å². The first-order chi connectivity index (χ1) is 8.22.